The van der Waals surface area contributed by atoms with Gasteiger partial charge in [-0.15, -0.1) is 11.3 Å². The van der Waals surface area contributed by atoms with Crippen LogP contribution in [0.1, 0.15) is 17.6 Å². The highest BCUT2D eigenvalue weighted by molar-refractivity contribution is 7.09. The summed E-state index contributed by atoms with van der Waals surface area (Å²) in [5, 5.41) is 1.99. The number of nitrogens with one attached hydrogen (secondary N) is 1. The van der Waals surface area contributed by atoms with Gasteiger partial charge in [0.15, 0.2) is 0 Å². The fourth-order valence-corrected chi connectivity index (χ4v) is 1.88. The highest BCUT2D eigenvalue weighted by Gasteiger charge is 2.01. The van der Waals surface area contributed by atoms with Crippen molar-refractivity contribution >= 4 is 11.3 Å². The summed E-state index contributed by atoms with van der Waals surface area (Å²) >= 11 is 1.62. The minimum atomic E-state index is -0.173. The number of hydrogen-bond acceptors (Lipinski definition) is 4. The fraction of sp³-hybridized carbons (Fsp3) is 0.273. The monoisotopic (exact) mass is 236 g/mol. The van der Waals surface area contributed by atoms with Gasteiger partial charge in [0, 0.05) is 11.3 Å². The Morgan fingerprint density at radius 3 is 3.12 bits per heavy atom. The Labute approximate surface area is 96.9 Å². The number of nitrogens with zero attached hydrogens (tertiary/aromatic N) is 1. The summed E-state index contributed by atoms with van der Waals surface area (Å²) in [6, 6.07) is 5.32. The van der Waals surface area contributed by atoms with Gasteiger partial charge in [0.25, 0.3) is 5.56 Å². The molecule has 2 aromatic heterocycles. The van der Waals surface area contributed by atoms with Gasteiger partial charge in [0.05, 0.1) is 6.07 Å². The van der Waals surface area contributed by atoms with Crippen molar-refractivity contribution in [2.45, 2.75) is 20.0 Å². The molecule has 0 radical (unpaired) electrons. The lowest BCUT2D eigenvalue weighted by Gasteiger charge is -2.04. The molecule has 84 valence electrons. The lowest BCUT2D eigenvalue weighted by molar-refractivity contribution is 0.295. The molecule has 0 saturated carbocycles. The minimum Gasteiger partial charge on any atom is -0.472 e. The van der Waals surface area contributed by atoms with Crippen molar-refractivity contribution in [3.05, 3.63) is 44.6 Å². The molecule has 0 unspecified atom stereocenters. The summed E-state index contributed by atoms with van der Waals surface area (Å²) in [6.07, 6.45) is 0.686. The van der Waals surface area contributed by atoms with Crippen molar-refractivity contribution in [3.63, 3.8) is 0 Å². The molecular formula is C11H12N2O2S. The van der Waals surface area contributed by atoms with Crippen LogP contribution >= 0.6 is 11.3 Å². The molecule has 0 amide bonds. The molecule has 2 heterocycles. The van der Waals surface area contributed by atoms with Crippen LogP contribution in [0.25, 0.3) is 0 Å². The van der Waals surface area contributed by atoms with E-state index < -0.39 is 0 Å². The highest BCUT2D eigenvalue weighted by atomic mass is 32.1. The Hall–Kier alpha value is -1.62. The Kier molecular flexibility index (Phi) is 3.36. The summed E-state index contributed by atoms with van der Waals surface area (Å²) in [6.45, 7) is 2.39. The van der Waals surface area contributed by atoms with Crippen molar-refractivity contribution < 1.29 is 4.74 Å². The second-order valence-corrected chi connectivity index (χ2v) is 4.28. The number of H-pyrrole nitrogens is 1. The fourth-order valence-electron chi connectivity index (χ4n) is 1.26. The standard InChI is InChI=1S/C11H12N2O2S/c1-2-9-12-10(14)6-11(13-9)15-7-8-4-3-5-16-8/h3-6H,2,7H2,1H3,(H,12,13,14). The van der Waals surface area contributed by atoms with E-state index in [1.54, 1.807) is 11.3 Å². The van der Waals surface area contributed by atoms with Gasteiger partial charge >= 0.3 is 0 Å². The maximum Gasteiger partial charge on any atom is 0.254 e. The minimum absolute atomic E-state index is 0.173. The molecule has 1 N–H and O–H groups in total. The van der Waals surface area contributed by atoms with Crippen LogP contribution in [0.2, 0.25) is 0 Å². The molecule has 0 aliphatic heterocycles. The molecule has 0 fully saturated rings. The van der Waals surface area contributed by atoms with Crippen LogP contribution in [-0.4, -0.2) is 9.97 Å². The predicted molar refractivity (Wildman–Crippen MR) is 62.9 cm³/mol. The van der Waals surface area contributed by atoms with E-state index in [1.807, 2.05) is 24.4 Å². The van der Waals surface area contributed by atoms with Crippen molar-refractivity contribution in [2.24, 2.45) is 0 Å². The first-order valence-corrected chi connectivity index (χ1v) is 5.91. The van der Waals surface area contributed by atoms with Gasteiger partial charge in [-0.1, -0.05) is 13.0 Å². The highest BCUT2D eigenvalue weighted by Crippen LogP contribution is 2.12. The second-order valence-electron chi connectivity index (χ2n) is 3.25. The first-order valence-electron chi connectivity index (χ1n) is 5.03. The van der Waals surface area contributed by atoms with Crippen molar-refractivity contribution in [3.8, 4) is 5.88 Å². The van der Waals surface area contributed by atoms with E-state index in [2.05, 4.69) is 9.97 Å². The van der Waals surface area contributed by atoms with Crippen LogP contribution in [0.4, 0.5) is 0 Å². The lowest BCUT2D eigenvalue weighted by Crippen LogP contribution is -2.11. The van der Waals surface area contributed by atoms with E-state index in [1.165, 1.54) is 6.07 Å². The molecule has 5 heteroatoms. The number of hydrogen-bond donors (Lipinski definition) is 1. The summed E-state index contributed by atoms with van der Waals surface area (Å²) in [4.78, 5) is 19.2. The summed E-state index contributed by atoms with van der Waals surface area (Å²) in [5.41, 5.74) is -0.173. The van der Waals surface area contributed by atoms with Crippen molar-refractivity contribution in [2.75, 3.05) is 0 Å². The van der Waals surface area contributed by atoms with Crippen LogP contribution in [0.5, 0.6) is 5.88 Å². The average Bonchev–Trinajstić information content (AvgIpc) is 2.78. The lowest BCUT2D eigenvalue weighted by atomic mass is 10.4. The molecule has 0 spiro atoms. The van der Waals surface area contributed by atoms with Crippen LogP contribution in [-0.2, 0) is 13.0 Å². The van der Waals surface area contributed by atoms with Gasteiger partial charge in [-0.05, 0) is 11.4 Å². The third-order valence-corrected chi connectivity index (χ3v) is 2.89. The Morgan fingerprint density at radius 1 is 1.56 bits per heavy atom. The molecule has 0 atom stereocenters. The normalized spacial score (nSPS) is 10.3. The largest absolute Gasteiger partial charge is 0.472 e. The number of aryl methyl sites for hydroxylation is 1. The first-order chi connectivity index (χ1) is 7.78. The maximum absolute atomic E-state index is 11.3. The molecule has 16 heavy (non-hydrogen) atoms. The Morgan fingerprint density at radius 2 is 2.44 bits per heavy atom. The van der Waals surface area contributed by atoms with Gasteiger partial charge in [-0.25, -0.2) is 4.98 Å². The van der Waals surface area contributed by atoms with E-state index in [-0.39, 0.29) is 5.56 Å². The van der Waals surface area contributed by atoms with Crippen LogP contribution in [0.15, 0.2) is 28.4 Å². The quantitative estimate of drug-likeness (QED) is 0.883. The van der Waals surface area contributed by atoms with Gasteiger partial charge in [0.2, 0.25) is 5.88 Å². The second kappa shape index (κ2) is 4.94. The molecule has 2 rings (SSSR count). The van der Waals surface area contributed by atoms with E-state index in [0.717, 1.165) is 4.88 Å². The zero-order chi connectivity index (χ0) is 11.4. The zero-order valence-electron chi connectivity index (χ0n) is 8.90. The summed E-state index contributed by atoms with van der Waals surface area (Å²) < 4.78 is 5.45. The van der Waals surface area contributed by atoms with Gasteiger partial charge in [-0.2, -0.15) is 0 Å². The van der Waals surface area contributed by atoms with Gasteiger partial charge in [-0.3, -0.25) is 4.79 Å². The smallest absolute Gasteiger partial charge is 0.254 e. The van der Waals surface area contributed by atoms with Gasteiger partial charge < -0.3 is 9.72 Å². The van der Waals surface area contributed by atoms with E-state index in [4.69, 9.17) is 4.74 Å². The predicted octanol–water partition coefficient (Wildman–Crippen LogP) is 1.97. The third-order valence-electron chi connectivity index (χ3n) is 2.04. The summed E-state index contributed by atoms with van der Waals surface area (Å²) in [7, 11) is 0. The third kappa shape index (κ3) is 2.70. The van der Waals surface area contributed by atoms with Crippen LogP contribution in [0, 0.1) is 0 Å². The summed E-state index contributed by atoms with van der Waals surface area (Å²) in [5.74, 6) is 1.03. The Bertz CT molecular complexity index is 505. The number of ether oxygens (including phenoxy) is 1. The Balaban J connectivity index is 2.09. The topological polar surface area (TPSA) is 55.0 Å². The van der Waals surface area contributed by atoms with Crippen molar-refractivity contribution in [1.82, 2.24) is 9.97 Å². The number of rotatable bonds is 4. The average molecular weight is 236 g/mol. The number of aromatic amines is 1. The maximum atomic E-state index is 11.3. The van der Waals surface area contributed by atoms with Gasteiger partial charge in [0.1, 0.15) is 12.4 Å². The molecular weight excluding hydrogens is 224 g/mol. The zero-order valence-corrected chi connectivity index (χ0v) is 9.71. The molecule has 0 bridgehead atoms. The molecule has 4 nitrogen and oxygen atoms in total. The number of thiophene rings is 1. The first kappa shape index (κ1) is 10.9. The van der Waals surface area contributed by atoms with E-state index >= 15 is 0 Å². The van der Waals surface area contributed by atoms with Crippen LogP contribution in [0.3, 0.4) is 0 Å². The SMILES string of the molecule is CCc1nc(OCc2cccs2)cc(=O)[nH]1. The number of aromatic nitrogens is 2. The molecule has 0 aliphatic carbocycles. The molecule has 0 aromatic carbocycles. The van der Waals surface area contributed by atoms with E-state index in [9.17, 15) is 4.79 Å². The van der Waals surface area contributed by atoms with Crippen molar-refractivity contribution in [1.29, 1.82) is 0 Å². The van der Waals surface area contributed by atoms with Crippen LogP contribution < -0.4 is 10.3 Å². The molecule has 0 aliphatic rings. The molecule has 2 aromatic rings. The molecule has 0 saturated heterocycles. The van der Waals surface area contributed by atoms with E-state index in [0.29, 0.717) is 24.7 Å².